The van der Waals surface area contributed by atoms with Crippen molar-refractivity contribution in [3.8, 4) is 0 Å². The maximum absolute atomic E-state index is 13.4. The molecule has 2 aliphatic rings. The van der Waals surface area contributed by atoms with Crippen LogP contribution in [0.2, 0.25) is 0 Å². The van der Waals surface area contributed by atoms with Crippen molar-refractivity contribution in [3.05, 3.63) is 35.9 Å². The van der Waals surface area contributed by atoms with Crippen molar-refractivity contribution in [2.24, 2.45) is 11.8 Å². The van der Waals surface area contributed by atoms with Gasteiger partial charge < -0.3 is 31.3 Å². The Labute approximate surface area is 229 Å². The minimum atomic E-state index is -1.28. The maximum Gasteiger partial charge on any atom is 0.245 e. The Bertz CT molecular complexity index is 1020. The summed E-state index contributed by atoms with van der Waals surface area (Å²) in [5.74, 6) is -2.97. The second-order valence-corrected chi connectivity index (χ2v) is 10.8. The summed E-state index contributed by atoms with van der Waals surface area (Å²) >= 11 is 0. The highest BCUT2D eigenvalue weighted by Crippen LogP contribution is 2.26. The van der Waals surface area contributed by atoms with Gasteiger partial charge in [0.1, 0.15) is 18.1 Å². The van der Waals surface area contributed by atoms with Crippen LogP contribution in [-0.4, -0.2) is 83.4 Å². The molecule has 5 amide bonds. The highest BCUT2D eigenvalue weighted by atomic mass is 16.3. The number of benzene rings is 1. The lowest BCUT2D eigenvalue weighted by atomic mass is 10.0. The van der Waals surface area contributed by atoms with E-state index in [0.29, 0.717) is 0 Å². The Hall–Kier alpha value is -3.47. The number of nitrogens with one attached hydrogen (secondary N) is 4. The summed E-state index contributed by atoms with van der Waals surface area (Å²) in [5.41, 5.74) is 0.778. The van der Waals surface area contributed by atoms with Gasteiger partial charge in [0.05, 0.1) is 12.6 Å². The molecular weight excluding hydrogens is 502 g/mol. The predicted octanol–water partition coefficient (Wildman–Crippen LogP) is -0.131. The molecule has 1 saturated heterocycles. The number of hydrogen-bond acceptors (Lipinski definition) is 6. The van der Waals surface area contributed by atoms with Crippen molar-refractivity contribution in [1.29, 1.82) is 0 Å². The van der Waals surface area contributed by atoms with Crippen molar-refractivity contribution in [2.45, 2.75) is 77.1 Å². The van der Waals surface area contributed by atoms with E-state index in [4.69, 9.17) is 0 Å². The standard InChI is InChI=1S/C28H41N5O6/c1-17(2)23-27(38)30-21(15-19-9-5-4-6-10-19)25(36)32-24(18(3)34)26(37)29-13-14-33(16-22(35)31-23)28(39)20-11-7-8-12-20/h4-6,9-10,17-18,20-21,23-24,34H,7-8,11-16H2,1-3H3,(H,29,37)(H,30,38)(H,31,35)(H,32,36)/t18-,21+,23-,24+/m1/s1. The van der Waals surface area contributed by atoms with Crippen LogP contribution < -0.4 is 21.3 Å². The van der Waals surface area contributed by atoms with Crippen LogP contribution in [0.1, 0.15) is 52.0 Å². The van der Waals surface area contributed by atoms with E-state index in [2.05, 4.69) is 21.3 Å². The molecule has 1 aliphatic carbocycles. The molecule has 3 rings (SSSR count). The van der Waals surface area contributed by atoms with Crippen LogP contribution in [0.3, 0.4) is 0 Å². The highest BCUT2D eigenvalue weighted by molar-refractivity contribution is 5.95. The SMILES string of the molecule is CC(C)[C@H]1NC(=O)CN(C(=O)C2CCCC2)CCNC(=O)[C@H]([C@@H](C)O)NC(=O)[C@H](Cc2ccccc2)NC1=O. The number of carbonyl (C=O) groups excluding carboxylic acids is 5. The zero-order chi connectivity index (χ0) is 28.5. The molecule has 1 aromatic carbocycles. The van der Waals surface area contributed by atoms with E-state index in [9.17, 15) is 29.1 Å². The largest absolute Gasteiger partial charge is 0.391 e. The Morgan fingerprint density at radius 2 is 1.59 bits per heavy atom. The fraction of sp³-hybridized carbons (Fsp3) is 0.607. The monoisotopic (exact) mass is 543 g/mol. The first-order chi connectivity index (χ1) is 18.6. The Kier molecular flexibility index (Phi) is 10.8. The quantitative estimate of drug-likeness (QED) is 0.348. The summed E-state index contributed by atoms with van der Waals surface area (Å²) in [4.78, 5) is 67.3. The first-order valence-corrected chi connectivity index (χ1v) is 13.8. The fourth-order valence-electron chi connectivity index (χ4n) is 5.03. The van der Waals surface area contributed by atoms with Gasteiger partial charge in [-0.1, -0.05) is 57.0 Å². The van der Waals surface area contributed by atoms with Gasteiger partial charge in [-0.2, -0.15) is 0 Å². The number of amides is 5. The van der Waals surface area contributed by atoms with Gasteiger partial charge in [-0.3, -0.25) is 24.0 Å². The lowest BCUT2D eigenvalue weighted by Crippen LogP contribution is -2.60. The van der Waals surface area contributed by atoms with E-state index in [1.165, 1.54) is 11.8 Å². The van der Waals surface area contributed by atoms with Crippen LogP contribution in [-0.2, 0) is 30.4 Å². The van der Waals surface area contributed by atoms with Crippen molar-refractivity contribution in [3.63, 3.8) is 0 Å². The molecule has 2 fully saturated rings. The zero-order valence-electron chi connectivity index (χ0n) is 22.9. The molecule has 4 atom stereocenters. The smallest absolute Gasteiger partial charge is 0.245 e. The van der Waals surface area contributed by atoms with E-state index in [0.717, 1.165) is 31.2 Å². The van der Waals surface area contributed by atoms with E-state index >= 15 is 0 Å². The minimum absolute atomic E-state index is 0.0297. The van der Waals surface area contributed by atoms with Crippen molar-refractivity contribution < 1.29 is 29.1 Å². The third-order valence-electron chi connectivity index (χ3n) is 7.28. The number of nitrogens with zero attached hydrogens (tertiary/aromatic N) is 1. The number of carbonyl (C=O) groups is 5. The van der Waals surface area contributed by atoms with Gasteiger partial charge in [-0.25, -0.2) is 0 Å². The molecular formula is C28H41N5O6. The zero-order valence-corrected chi connectivity index (χ0v) is 22.9. The van der Waals surface area contributed by atoms with Gasteiger partial charge >= 0.3 is 0 Å². The topological polar surface area (TPSA) is 157 Å². The highest BCUT2D eigenvalue weighted by Gasteiger charge is 2.34. The molecule has 11 nitrogen and oxygen atoms in total. The molecule has 0 spiro atoms. The molecule has 0 bridgehead atoms. The third kappa shape index (κ3) is 8.51. The molecule has 1 aliphatic heterocycles. The normalized spacial score (nSPS) is 25.2. The van der Waals surface area contributed by atoms with Gasteiger partial charge in [-0.15, -0.1) is 0 Å². The Morgan fingerprint density at radius 3 is 2.21 bits per heavy atom. The first-order valence-electron chi connectivity index (χ1n) is 13.8. The molecule has 1 heterocycles. The molecule has 0 aromatic heterocycles. The van der Waals surface area contributed by atoms with Gasteiger partial charge in [0.25, 0.3) is 0 Å². The molecule has 0 unspecified atom stereocenters. The van der Waals surface area contributed by atoms with Crippen LogP contribution in [0.5, 0.6) is 0 Å². The summed E-state index contributed by atoms with van der Waals surface area (Å²) in [7, 11) is 0. The van der Waals surface area contributed by atoms with Crippen LogP contribution >= 0.6 is 0 Å². The van der Waals surface area contributed by atoms with Crippen molar-refractivity contribution in [2.75, 3.05) is 19.6 Å². The van der Waals surface area contributed by atoms with Crippen LogP contribution in [0.15, 0.2) is 30.3 Å². The molecule has 5 N–H and O–H groups in total. The average molecular weight is 544 g/mol. The van der Waals surface area contributed by atoms with Crippen molar-refractivity contribution >= 4 is 29.5 Å². The average Bonchev–Trinajstić information content (AvgIpc) is 3.43. The molecule has 11 heteroatoms. The second-order valence-electron chi connectivity index (χ2n) is 10.8. The second kappa shape index (κ2) is 14.1. The van der Waals surface area contributed by atoms with E-state index in [1.54, 1.807) is 13.8 Å². The molecule has 0 radical (unpaired) electrons. The van der Waals surface area contributed by atoms with E-state index in [1.807, 2.05) is 30.3 Å². The molecule has 1 saturated carbocycles. The van der Waals surface area contributed by atoms with Crippen LogP contribution in [0, 0.1) is 11.8 Å². The number of hydrogen-bond donors (Lipinski definition) is 5. The summed E-state index contributed by atoms with van der Waals surface area (Å²) in [5, 5.41) is 21.0. The summed E-state index contributed by atoms with van der Waals surface area (Å²) in [6.07, 6.45) is 2.31. The van der Waals surface area contributed by atoms with Crippen molar-refractivity contribution in [1.82, 2.24) is 26.2 Å². The van der Waals surface area contributed by atoms with Gasteiger partial charge in [0.2, 0.25) is 29.5 Å². The lowest BCUT2D eigenvalue weighted by molar-refractivity contribution is -0.140. The van der Waals surface area contributed by atoms with Gasteiger partial charge in [0, 0.05) is 25.4 Å². The lowest BCUT2D eigenvalue weighted by Gasteiger charge is -2.28. The van der Waals surface area contributed by atoms with Crippen LogP contribution in [0.4, 0.5) is 0 Å². The summed E-state index contributed by atoms with van der Waals surface area (Å²) in [6, 6.07) is 5.76. The number of aliphatic hydroxyl groups excluding tert-OH is 1. The molecule has 39 heavy (non-hydrogen) atoms. The van der Waals surface area contributed by atoms with E-state index < -0.39 is 47.9 Å². The summed E-state index contributed by atoms with van der Waals surface area (Å²) in [6.45, 7) is 4.78. The van der Waals surface area contributed by atoms with Crippen LogP contribution in [0.25, 0.3) is 0 Å². The minimum Gasteiger partial charge on any atom is -0.391 e. The Balaban J connectivity index is 1.90. The third-order valence-corrected chi connectivity index (χ3v) is 7.28. The molecule has 1 aromatic rings. The summed E-state index contributed by atoms with van der Waals surface area (Å²) < 4.78 is 0. The van der Waals surface area contributed by atoms with Gasteiger partial charge in [-0.05, 0) is 31.2 Å². The van der Waals surface area contributed by atoms with Gasteiger partial charge in [0.15, 0.2) is 0 Å². The fourth-order valence-corrected chi connectivity index (χ4v) is 5.03. The molecule has 214 valence electrons. The Morgan fingerprint density at radius 1 is 0.923 bits per heavy atom. The first kappa shape index (κ1) is 30.1. The number of rotatable bonds is 5. The number of aliphatic hydroxyl groups is 1. The van der Waals surface area contributed by atoms with E-state index in [-0.39, 0.29) is 43.8 Å². The maximum atomic E-state index is 13.4. The predicted molar refractivity (Wildman–Crippen MR) is 144 cm³/mol.